The van der Waals surface area contributed by atoms with Crippen LogP contribution in [0.1, 0.15) is 29.8 Å². The number of rotatable bonds is 1. The SMILES string of the molecule is CC.O=Cc1cc(C(F)(F)F)c[nH]c1=O. The molecule has 1 rings (SSSR count). The number of aldehydes is 1. The summed E-state index contributed by atoms with van der Waals surface area (Å²) < 4.78 is 36.0. The van der Waals surface area contributed by atoms with Crippen molar-refractivity contribution in [2.24, 2.45) is 0 Å². The summed E-state index contributed by atoms with van der Waals surface area (Å²) in [5.41, 5.74) is -2.41. The number of pyridine rings is 1. The Balaban J connectivity index is 0.000000921. The van der Waals surface area contributed by atoms with E-state index in [2.05, 4.69) is 0 Å². The quantitative estimate of drug-likeness (QED) is 0.739. The second-order valence-electron chi connectivity index (χ2n) is 2.29. The average molecular weight is 221 g/mol. The molecular formula is C9H10F3NO2. The zero-order valence-corrected chi connectivity index (χ0v) is 8.18. The Morgan fingerprint density at radius 3 is 2.27 bits per heavy atom. The molecule has 0 atom stereocenters. The molecule has 84 valence electrons. The predicted octanol–water partition coefficient (Wildman–Crippen LogP) is 2.23. The first kappa shape index (κ1) is 13.4. The van der Waals surface area contributed by atoms with E-state index >= 15 is 0 Å². The lowest BCUT2D eigenvalue weighted by atomic mass is 10.2. The number of aromatic nitrogens is 1. The van der Waals surface area contributed by atoms with Gasteiger partial charge in [0.2, 0.25) is 0 Å². The van der Waals surface area contributed by atoms with Crippen LogP contribution in [0.25, 0.3) is 0 Å². The van der Waals surface area contributed by atoms with Gasteiger partial charge in [0.25, 0.3) is 5.56 Å². The van der Waals surface area contributed by atoms with Gasteiger partial charge in [-0.3, -0.25) is 9.59 Å². The smallest absolute Gasteiger partial charge is 0.328 e. The third kappa shape index (κ3) is 3.57. The summed E-state index contributed by atoms with van der Waals surface area (Å²) in [6, 6.07) is 0.506. The topological polar surface area (TPSA) is 49.9 Å². The third-order valence-corrected chi connectivity index (χ3v) is 1.39. The normalized spacial score (nSPS) is 10.2. The number of hydrogen-bond donors (Lipinski definition) is 1. The molecule has 0 aliphatic carbocycles. The van der Waals surface area contributed by atoms with Gasteiger partial charge >= 0.3 is 6.18 Å². The van der Waals surface area contributed by atoms with Crippen molar-refractivity contribution in [2.75, 3.05) is 0 Å². The molecule has 0 saturated heterocycles. The summed E-state index contributed by atoms with van der Waals surface area (Å²) in [6.07, 6.45) is -3.95. The van der Waals surface area contributed by atoms with Crippen LogP contribution in [0.15, 0.2) is 17.1 Å². The fourth-order valence-electron chi connectivity index (χ4n) is 0.753. The average Bonchev–Trinajstić information content (AvgIpc) is 2.20. The number of aromatic amines is 1. The van der Waals surface area contributed by atoms with Gasteiger partial charge < -0.3 is 4.98 Å². The first-order valence-electron chi connectivity index (χ1n) is 4.20. The maximum absolute atomic E-state index is 12.0. The van der Waals surface area contributed by atoms with Crippen molar-refractivity contribution in [3.63, 3.8) is 0 Å². The molecule has 1 aromatic rings. The number of carbonyl (C=O) groups is 1. The highest BCUT2D eigenvalue weighted by atomic mass is 19.4. The maximum Gasteiger partial charge on any atom is 0.417 e. The standard InChI is InChI=1S/C7H4F3NO2.C2H6/c8-7(9,10)5-1-4(3-12)6(13)11-2-5;1-2/h1-3H,(H,11,13);1-2H3. The molecule has 0 unspecified atom stereocenters. The van der Waals surface area contributed by atoms with E-state index in [1.54, 1.807) is 0 Å². The van der Waals surface area contributed by atoms with E-state index in [1.807, 2.05) is 18.8 Å². The highest BCUT2D eigenvalue weighted by Gasteiger charge is 2.31. The molecule has 1 aromatic heterocycles. The van der Waals surface area contributed by atoms with Gasteiger partial charge in [-0.15, -0.1) is 0 Å². The van der Waals surface area contributed by atoms with Crippen LogP contribution in [-0.4, -0.2) is 11.3 Å². The highest BCUT2D eigenvalue weighted by Crippen LogP contribution is 2.27. The number of halogens is 3. The molecule has 0 radical (unpaired) electrons. The summed E-state index contributed by atoms with van der Waals surface area (Å²) in [5.74, 6) is 0. The fraction of sp³-hybridized carbons (Fsp3) is 0.333. The van der Waals surface area contributed by atoms with Crippen molar-refractivity contribution in [3.8, 4) is 0 Å². The Bertz CT molecular complexity index is 382. The molecule has 0 saturated carbocycles. The maximum atomic E-state index is 12.0. The Kier molecular flexibility index (Phi) is 4.77. The number of H-pyrrole nitrogens is 1. The molecule has 0 amide bonds. The minimum absolute atomic E-state index is 0.0775. The third-order valence-electron chi connectivity index (χ3n) is 1.39. The van der Waals surface area contributed by atoms with E-state index < -0.39 is 22.9 Å². The predicted molar refractivity (Wildman–Crippen MR) is 48.8 cm³/mol. The molecule has 0 aliphatic heterocycles. The summed E-state index contributed by atoms with van der Waals surface area (Å²) in [6.45, 7) is 4.00. The van der Waals surface area contributed by atoms with Gasteiger partial charge in [0.05, 0.1) is 11.1 Å². The first-order chi connectivity index (χ1) is 6.95. The zero-order valence-electron chi connectivity index (χ0n) is 8.18. The van der Waals surface area contributed by atoms with Crippen molar-refractivity contribution in [2.45, 2.75) is 20.0 Å². The van der Waals surface area contributed by atoms with Gasteiger partial charge in [-0.25, -0.2) is 0 Å². The van der Waals surface area contributed by atoms with E-state index in [1.165, 1.54) is 0 Å². The Labute approximate surface area is 83.9 Å². The van der Waals surface area contributed by atoms with Gasteiger partial charge in [0.1, 0.15) is 0 Å². The summed E-state index contributed by atoms with van der Waals surface area (Å²) in [5, 5.41) is 0. The Morgan fingerprint density at radius 1 is 1.33 bits per heavy atom. The van der Waals surface area contributed by atoms with E-state index in [-0.39, 0.29) is 6.29 Å². The number of nitrogens with one attached hydrogen (secondary N) is 1. The molecule has 0 bridgehead atoms. The van der Waals surface area contributed by atoms with Crippen LogP contribution in [0, 0.1) is 0 Å². The highest BCUT2D eigenvalue weighted by molar-refractivity contribution is 5.74. The molecular weight excluding hydrogens is 211 g/mol. The van der Waals surface area contributed by atoms with Crippen LogP contribution < -0.4 is 5.56 Å². The Morgan fingerprint density at radius 2 is 1.87 bits per heavy atom. The van der Waals surface area contributed by atoms with Crippen molar-refractivity contribution in [1.29, 1.82) is 0 Å². The first-order valence-corrected chi connectivity index (χ1v) is 4.20. The van der Waals surface area contributed by atoms with Crippen LogP contribution in [0.2, 0.25) is 0 Å². The van der Waals surface area contributed by atoms with Gasteiger partial charge in [-0.2, -0.15) is 13.2 Å². The van der Waals surface area contributed by atoms with Crippen molar-refractivity contribution >= 4 is 6.29 Å². The molecule has 1 heterocycles. The second-order valence-corrected chi connectivity index (χ2v) is 2.29. The van der Waals surface area contributed by atoms with Gasteiger partial charge in [0.15, 0.2) is 6.29 Å². The van der Waals surface area contributed by atoms with E-state index in [0.717, 1.165) is 0 Å². The van der Waals surface area contributed by atoms with Crippen LogP contribution >= 0.6 is 0 Å². The Hall–Kier alpha value is -1.59. The lowest BCUT2D eigenvalue weighted by Crippen LogP contribution is -2.15. The summed E-state index contributed by atoms with van der Waals surface area (Å²) in [7, 11) is 0. The largest absolute Gasteiger partial charge is 0.417 e. The lowest BCUT2D eigenvalue weighted by Gasteiger charge is -2.05. The van der Waals surface area contributed by atoms with E-state index in [4.69, 9.17) is 0 Å². The molecule has 1 N–H and O–H groups in total. The van der Waals surface area contributed by atoms with Gasteiger partial charge in [-0.05, 0) is 6.07 Å². The van der Waals surface area contributed by atoms with Crippen molar-refractivity contribution in [1.82, 2.24) is 4.98 Å². The minimum atomic E-state index is -4.55. The molecule has 6 heteroatoms. The minimum Gasteiger partial charge on any atom is -0.328 e. The summed E-state index contributed by atoms with van der Waals surface area (Å²) >= 11 is 0. The van der Waals surface area contributed by atoms with Gasteiger partial charge in [-0.1, -0.05) is 13.8 Å². The van der Waals surface area contributed by atoms with E-state index in [0.29, 0.717) is 12.3 Å². The molecule has 0 spiro atoms. The van der Waals surface area contributed by atoms with Crippen LogP contribution in [-0.2, 0) is 6.18 Å². The molecule has 15 heavy (non-hydrogen) atoms. The number of hydrogen-bond acceptors (Lipinski definition) is 2. The molecule has 0 aromatic carbocycles. The molecule has 3 nitrogen and oxygen atoms in total. The monoisotopic (exact) mass is 221 g/mol. The number of alkyl halides is 3. The fourth-order valence-corrected chi connectivity index (χ4v) is 0.753. The van der Waals surface area contributed by atoms with Gasteiger partial charge in [0, 0.05) is 6.20 Å². The van der Waals surface area contributed by atoms with Crippen LogP contribution in [0.3, 0.4) is 0 Å². The van der Waals surface area contributed by atoms with Crippen LogP contribution in [0.4, 0.5) is 13.2 Å². The van der Waals surface area contributed by atoms with E-state index in [9.17, 15) is 22.8 Å². The van der Waals surface area contributed by atoms with Crippen molar-refractivity contribution in [3.05, 3.63) is 33.7 Å². The zero-order chi connectivity index (χ0) is 12.1. The molecule has 0 aliphatic rings. The van der Waals surface area contributed by atoms with Crippen LogP contribution in [0.5, 0.6) is 0 Å². The number of carbonyl (C=O) groups excluding carboxylic acids is 1. The summed E-state index contributed by atoms with van der Waals surface area (Å²) in [4.78, 5) is 22.6. The lowest BCUT2D eigenvalue weighted by molar-refractivity contribution is -0.137. The molecule has 0 fully saturated rings. The van der Waals surface area contributed by atoms with Crippen molar-refractivity contribution < 1.29 is 18.0 Å². The second kappa shape index (κ2) is 5.33.